The van der Waals surface area contributed by atoms with Crippen LogP contribution in [-0.4, -0.2) is 53.6 Å². The van der Waals surface area contributed by atoms with Gasteiger partial charge in [-0.15, -0.1) is 0 Å². The molecule has 4 nitrogen and oxygen atoms in total. The lowest BCUT2D eigenvalue weighted by Crippen LogP contribution is -2.54. The average Bonchev–Trinajstić information content (AvgIpc) is 2.55. The fourth-order valence-corrected chi connectivity index (χ4v) is 4.31. The van der Waals surface area contributed by atoms with Gasteiger partial charge in [0.05, 0.1) is 6.61 Å². The highest BCUT2D eigenvalue weighted by atomic mass is 35.5. The predicted octanol–water partition coefficient (Wildman–Crippen LogP) is 2.68. The maximum absolute atomic E-state index is 14.0. The van der Waals surface area contributed by atoms with Crippen LogP contribution in [0.5, 0.6) is 0 Å². The summed E-state index contributed by atoms with van der Waals surface area (Å²) >= 11 is 5.99. The molecule has 0 bridgehead atoms. The number of carbonyl (C=O) groups is 1. The maximum Gasteiger partial charge on any atom is 0.222 e. The zero-order chi connectivity index (χ0) is 17.2. The number of rotatable bonds is 4. The summed E-state index contributed by atoms with van der Waals surface area (Å²) in [5.74, 6) is -0.0903. The van der Waals surface area contributed by atoms with Gasteiger partial charge in [0.1, 0.15) is 5.82 Å². The van der Waals surface area contributed by atoms with Crippen molar-refractivity contribution in [3.8, 4) is 0 Å². The number of likely N-dealkylation sites (tertiary alicyclic amines) is 2. The molecule has 0 saturated carbocycles. The maximum atomic E-state index is 14.0. The quantitative estimate of drug-likeness (QED) is 0.904. The number of aliphatic hydroxyl groups excluding tert-OH is 1. The summed E-state index contributed by atoms with van der Waals surface area (Å²) < 4.78 is 14.0. The van der Waals surface area contributed by atoms with E-state index >= 15 is 0 Å². The van der Waals surface area contributed by atoms with Crippen molar-refractivity contribution < 1.29 is 14.3 Å². The first-order chi connectivity index (χ1) is 11.5. The van der Waals surface area contributed by atoms with Crippen LogP contribution in [0.2, 0.25) is 5.02 Å². The molecule has 132 valence electrons. The number of aliphatic hydroxyl groups is 1. The highest BCUT2D eigenvalue weighted by Gasteiger charge is 2.41. The topological polar surface area (TPSA) is 43.8 Å². The van der Waals surface area contributed by atoms with Gasteiger partial charge in [-0.2, -0.15) is 0 Å². The van der Waals surface area contributed by atoms with Gasteiger partial charge in [0.2, 0.25) is 5.91 Å². The van der Waals surface area contributed by atoms with E-state index in [0.29, 0.717) is 36.6 Å². The lowest BCUT2D eigenvalue weighted by atomic mass is 9.73. The van der Waals surface area contributed by atoms with Gasteiger partial charge >= 0.3 is 0 Å². The lowest BCUT2D eigenvalue weighted by molar-refractivity contribution is -0.140. The first-order valence-electron chi connectivity index (χ1n) is 8.56. The lowest BCUT2D eigenvalue weighted by Gasteiger charge is -2.48. The molecule has 24 heavy (non-hydrogen) atoms. The van der Waals surface area contributed by atoms with Crippen molar-refractivity contribution in [2.45, 2.75) is 32.2 Å². The van der Waals surface area contributed by atoms with E-state index in [-0.39, 0.29) is 23.7 Å². The van der Waals surface area contributed by atoms with Crippen LogP contribution in [0.15, 0.2) is 18.2 Å². The van der Waals surface area contributed by atoms with Crippen LogP contribution in [0.4, 0.5) is 4.39 Å². The van der Waals surface area contributed by atoms with Gasteiger partial charge in [0.25, 0.3) is 0 Å². The zero-order valence-corrected chi connectivity index (χ0v) is 14.6. The van der Waals surface area contributed by atoms with Crippen LogP contribution in [0.25, 0.3) is 0 Å². The number of hydrogen-bond acceptors (Lipinski definition) is 3. The van der Waals surface area contributed by atoms with Gasteiger partial charge in [-0.05, 0) is 44.0 Å². The van der Waals surface area contributed by atoms with Crippen LogP contribution in [0.1, 0.15) is 31.2 Å². The molecule has 2 aliphatic rings. The fraction of sp³-hybridized carbons (Fsp3) is 0.611. The highest BCUT2D eigenvalue weighted by molar-refractivity contribution is 6.30. The molecule has 2 heterocycles. The van der Waals surface area contributed by atoms with Crippen molar-refractivity contribution in [2.75, 3.05) is 32.8 Å². The van der Waals surface area contributed by atoms with E-state index in [1.165, 1.54) is 6.07 Å². The van der Waals surface area contributed by atoms with E-state index in [4.69, 9.17) is 16.7 Å². The van der Waals surface area contributed by atoms with Crippen molar-refractivity contribution in [2.24, 2.45) is 5.41 Å². The largest absolute Gasteiger partial charge is 0.395 e. The number of β-amino-alcohol motifs (C(OH)–C–C–N with tert-alkyl or cyclic N) is 1. The summed E-state index contributed by atoms with van der Waals surface area (Å²) in [6.07, 6.45) is 3.54. The van der Waals surface area contributed by atoms with Gasteiger partial charge < -0.3 is 10.0 Å². The molecule has 1 N–H and O–H groups in total. The minimum Gasteiger partial charge on any atom is -0.395 e. The Balaban J connectivity index is 1.69. The Morgan fingerprint density at radius 1 is 1.29 bits per heavy atom. The van der Waals surface area contributed by atoms with Crippen molar-refractivity contribution >= 4 is 17.5 Å². The number of benzene rings is 1. The molecule has 1 amide bonds. The number of carbonyl (C=O) groups excluding carboxylic acids is 1. The molecular formula is C18H24ClFN2O2. The Kier molecular flexibility index (Phi) is 5.42. The number of halogens is 2. The number of amides is 1. The average molecular weight is 355 g/mol. The van der Waals surface area contributed by atoms with Gasteiger partial charge in [-0.25, -0.2) is 4.39 Å². The highest BCUT2D eigenvalue weighted by Crippen LogP contribution is 2.39. The summed E-state index contributed by atoms with van der Waals surface area (Å²) in [5.41, 5.74) is 0.690. The first kappa shape index (κ1) is 17.6. The van der Waals surface area contributed by atoms with Crippen molar-refractivity contribution in [1.82, 2.24) is 9.80 Å². The molecule has 1 spiro atoms. The monoisotopic (exact) mass is 354 g/mol. The van der Waals surface area contributed by atoms with E-state index in [2.05, 4.69) is 4.90 Å². The van der Waals surface area contributed by atoms with E-state index in [9.17, 15) is 9.18 Å². The normalized spacial score (nSPS) is 25.5. The fourth-order valence-electron chi connectivity index (χ4n) is 4.11. The summed E-state index contributed by atoms with van der Waals surface area (Å²) in [6.45, 7) is 3.43. The van der Waals surface area contributed by atoms with E-state index in [1.807, 2.05) is 0 Å². The molecular weight excluding hydrogens is 331 g/mol. The molecule has 3 rings (SSSR count). The van der Waals surface area contributed by atoms with E-state index < -0.39 is 0 Å². The van der Waals surface area contributed by atoms with Crippen LogP contribution < -0.4 is 0 Å². The molecule has 1 aromatic carbocycles. The molecule has 2 saturated heterocycles. The summed E-state index contributed by atoms with van der Waals surface area (Å²) in [6, 6.07) is 4.68. The Morgan fingerprint density at radius 2 is 2.12 bits per heavy atom. The minimum absolute atomic E-state index is 0.000734. The molecule has 0 aliphatic carbocycles. The Hall–Kier alpha value is -1.17. The molecule has 1 unspecified atom stereocenters. The van der Waals surface area contributed by atoms with Crippen LogP contribution in [-0.2, 0) is 11.3 Å². The van der Waals surface area contributed by atoms with Crippen molar-refractivity contribution in [1.29, 1.82) is 0 Å². The summed E-state index contributed by atoms with van der Waals surface area (Å²) in [7, 11) is 0. The second-order valence-electron chi connectivity index (χ2n) is 7.09. The van der Waals surface area contributed by atoms with Gasteiger partial charge in [-0.3, -0.25) is 9.69 Å². The Labute approximate surface area is 147 Å². The van der Waals surface area contributed by atoms with E-state index in [1.54, 1.807) is 17.0 Å². The van der Waals surface area contributed by atoms with Crippen LogP contribution in [0.3, 0.4) is 0 Å². The van der Waals surface area contributed by atoms with Crippen LogP contribution >= 0.6 is 11.6 Å². The van der Waals surface area contributed by atoms with Gasteiger partial charge in [0, 0.05) is 48.6 Å². The molecule has 0 radical (unpaired) electrons. The smallest absolute Gasteiger partial charge is 0.222 e. The first-order valence-corrected chi connectivity index (χ1v) is 8.94. The number of hydrogen-bond donors (Lipinski definition) is 1. The number of piperidine rings is 2. The SMILES string of the molecule is O=C1CCC2(CCCN(Cc3cc(Cl)ccc3F)C2)CN1CCO. The third kappa shape index (κ3) is 3.90. The minimum atomic E-state index is -0.222. The second kappa shape index (κ2) is 7.38. The molecule has 2 aliphatic heterocycles. The van der Waals surface area contributed by atoms with E-state index in [0.717, 1.165) is 32.4 Å². The van der Waals surface area contributed by atoms with Crippen molar-refractivity contribution in [3.63, 3.8) is 0 Å². The second-order valence-corrected chi connectivity index (χ2v) is 7.53. The Bertz CT molecular complexity index is 613. The third-order valence-electron chi connectivity index (χ3n) is 5.26. The molecule has 6 heteroatoms. The molecule has 0 aromatic heterocycles. The molecule has 2 fully saturated rings. The third-order valence-corrected chi connectivity index (χ3v) is 5.50. The van der Waals surface area contributed by atoms with Gasteiger partial charge in [0.15, 0.2) is 0 Å². The summed E-state index contributed by atoms with van der Waals surface area (Å²) in [4.78, 5) is 16.1. The van der Waals surface area contributed by atoms with Crippen molar-refractivity contribution in [3.05, 3.63) is 34.6 Å². The number of nitrogens with zero attached hydrogens (tertiary/aromatic N) is 2. The standard InChI is InChI=1S/C18H24ClFN2O2/c19-15-2-3-16(20)14(10-15)11-21-7-1-5-18(12-21)6-4-17(24)22(13-18)8-9-23/h2-3,10,23H,1,4-9,11-13H2. The Morgan fingerprint density at radius 3 is 2.92 bits per heavy atom. The predicted molar refractivity (Wildman–Crippen MR) is 91.3 cm³/mol. The van der Waals surface area contributed by atoms with Crippen LogP contribution in [0, 0.1) is 11.2 Å². The zero-order valence-electron chi connectivity index (χ0n) is 13.8. The molecule has 1 aromatic rings. The molecule has 1 atom stereocenters. The summed E-state index contributed by atoms with van der Waals surface area (Å²) in [5, 5.41) is 9.72. The van der Waals surface area contributed by atoms with Gasteiger partial charge in [-0.1, -0.05) is 11.6 Å².